The molecule has 0 atom stereocenters. The molecule has 0 saturated heterocycles. The highest BCUT2D eigenvalue weighted by molar-refractivity contribution is 5.67. The maximum Gasteiger partial charge on any atom is 0.141 e. The van der Waals surface area contributed by atoms with Gasteiger partial charge in [0.1, 0.15) is 5.76 Å². The number of nitrogens with zero attached hydrogens (tertiary/aromatic N) is 2. The average molecular weight is 216 g/mol. The van der Waals surface area contributed by atoms with Crippen LogP contribution in [0.25, 0.3) is 11.1 Å². The number of aromatic nitrogens is 2. The lowest BCUT2D eigenvalue weighted by Crippen LogP contribution is -1.92. The van der Waals surface area contributed by atoms with Gasteiger partial charge in [0.2, 0.25) is 0 Å². The van der Waals surface area contributed by atoms with Crippen LogP contribution in [-0.4, -0.2) is 10.1 Å². The molecule has 0 spiro atoms. The molecule has 0 aliphatic rings. The van der Waals surface area contributed by atoms with E-state index in [1.165, 1.54) is 0 Å². The Morgan fingerprint density at radius 2 is 1.94 bits per heavy atom. The van der Waals surface area contributed by atoms with Gasteiger partial charge in [-0.2, -0.15) is 0 Å². The summed E-state index contributed by atoms with van der Waals surface area (Å²) in [5.41, 5.74) is 4.18. The predicted octanol–water partition coefficient (Wildman–Crippen LogP) is 3.48. The minimum Gasteiger partial charge on any atom is -0.361 e. The van der Waals surface area contributed by atoms with E-state index < -0.39 is 0 Å². The lowest BCUT2D eigenvalue weighted by molar-refractivity contribution is 0.388. The standard InChI is InChI=1S/C13H16N2O/c1-8(2)13-12(10(4)16-15-13)11-6-5-9(3)14-7-11/h5-8H,1-4H3. The van der Waals surface area contributed by atoms with Crippen LogP contribution in [0.3, 0.4) is 0 Å². The monoisotopic (exact) mass is 216 g/mol. The molecular formula is C13H16N2O. The van der Waals surface area contributed by atoms with E-state index in [9.17, 15) is 0 Å². The zero-order valence-corrected chi connectivity index (χ0v) is 10.1. The second-order valence-corrected chi connectivity index (χ2v) is 4.34. The predicted molar refractivity (Wildman–Crippen MR) is 63.3 cm³/mol. The van der Waals surface area contributed by atoms with Crippen molar-refractivity contribution >= 4 is 0 Å². The summed E-state index contributed by atoms with van der Waals surface area (Å²) in [6.07, 6.45) is 1.88. The molecule has 84 valence electrons. The summed E-state index contributed by atoms with van der Waals surface area (Å²) >= 11 is 0. The summed E-state index contributed by atoms with van der Waals surface area (Å²) in [5, 5.41) is 4.11. The largest absolute Gasteiger partial charge is 0.361 e. The summed E-state index contributed by atoms with van der Waals surface area (Å²) in [6.45, 7) is 8.15. The highest BCUT2D eigenvalue weighted by Crippen LogP contribution is 2.31. The summed E-state index contributed by atoms with van der Waals surface area (Å²) in [7, 11) is 0. The van der Waals surface area contributed by atoms with E-state index in [1.54, 1.807) is 0 Å². The normalized spacial score (nSPS) is 11.1. The van der Waals surface area contributed by atoms with Gasteiger partial charge in [-0.3, -0.25) is 4.98 Å². The molecule has 0 aliphatic carbocycles. The Morgan fingerprint density at radius 1 is 1.19 bits per heavy atom. The third-order valence-electron chi connectivity index (χ3n) is 2.64. The van der Waals surface area contributed by atoms with Gasteiger partial charge in [-0.1, -0.05) is 25.1 Å². The molecule has 0 unspecified atom stereocenters. The number of hydrogen-bond donors (Lipinski definition) is 0. The van der Waals surface area contributed by atoms with Crippen LogP contribution in [0.5, 0.6) is 0 Å². The molecule has 0 amide bonds. The van der Waals surface area contributed by atoms with Gasteiger partial charge in [0.25, 0.3) is 0 Å². The summed E-state index contributed by atoms with van der Waals surface area (Å²) in [6, 6.07) is 4.07. The van der Waals surface area contributed by atoms with E-state index in [2.05, 4.69) is 30.1 Å². The molecule has 0 saturated carbocycles. The number of rotatable bonds is 2. The first kappa shape index (κ1) is 10.9. The molecule has 0 N–H and O–H groups in total. The van der Waals surface area contributed by atoms with Gasteiger partial charge < -0.3 is 4.52 Å². The summed E-state index contributed by atoms with van der Waals surface area (Å²) < 4.78 is 5.26. The van der Waals surface area contributed by atoms with E-state index in [-0.39, 0.29) is 0 Å². The minimum atomic E-state index is 0.355. The van der Waals surface area contributed by atoms with Crippen molar-refractivity contribution in [2.75, 3.05) is 0 Å². The topological polar surface area (TPSA) is 38.9 Å². The maximum atomic E-state index is 5.26. The maximum absolute atomic E-state index is 5.26. The lowest BCUT2D eigenvalue weighted by atomic mass is 9.99. The average Bonchev–Trinajstić information content (AvgIpc) is 2.62. The van der Waals surface area contributed by atoms with Gasteiger partial charge in [0.05, 0.1) is 5.69 Å². The van der Waals surface area contributed by atoms with Crippen LogP contribution in [0.4, 0.5) is 0 Å². The number of aryl methyl sites for hydroxylation is 2. The van der Waals surface area contributed by atoms with E-state index in [1.807, 2.05) is 26.1 Å². The SMILES string of the molecule is Cc1ccc(-c2c(C(C)C)noc2C)cn1. The second-order valence-electron chi connectivity index (χ2n) is 4.34. The van der Waals surface area contributed by atoms with Gasteiger partial charge in [0.15, 0.2) is 0 Å². The Morgan fingerprint density at radius 3 is 2.50 bits per heavy atom. The van der Waals surface area contributed by atoms with Crippen molar-refractivity contribution in [2.45, 2.75) is 33.6 Å². The Labute approximate surface area is 95.5 Å². The zero-order chi connectivity index (χ0) is 11.7. The third kappa shape index (κ3) is 1.85. The van der Waals surface area contributed by atoms with Gasteiger partial charge in [0, 0.05) is 23.0 Å². The first-order valence-electron chi connectivity index (χ1n) is 5.48. The molecule has 2 heterocycles. The molecule has 2 aromatic heterocycles. The Balaban J connectivity index is 2.54. The van der Waals surface area contributed by atoms with E-state index in [4.69, 9.17) is 4.52 Å². The van der Waals surface area contributed by atoms with Gasteiger partial charge >= 0.3 is 0 Å². The van der Waals surface area contributed by atoms with Crippen LogP contribution in [0.2, 0.25) is 0 Å². The Bertz CT molecular complexity index is 483. The van der Waals surface area contributed by atoms with Gasteiger partial charge in [-0.05, 0) is 25.8 Å². The van der Waals surface area contributed by atoms with E-state index in [0.29, 0.717) is 5.92 Å². The molecular weight excluding hydrogens is 200 g/mol. The molecule has 16 heavy (non-hydrogen) atoms. The summed E-state index contributed by atoms with van der Waals surface area (Å²) in [5.74, 6) is 1.21. The molecule has 2 rings (SSSR count). The molecule has 0 fully saturated rings. The fourth-order valence-corrected chi connectivity index (χ4v) is 1.75. The van der Waals surface area contributed by atoms with Gasteiger partial charge in [-0.25, -0.2) is 0 Å². The van der Waals surface area contributed by atoms with Crippen molar-refractivity contribution in [3.8, 4) is 11.1 Å². The molecule has 0 bridgehead atoms. The fraction of sp³-hybridized carbons (Fsp3) is 0.385. The Hall–Kier alpha value is -1.64. The Kier molecular flexibility index (Phi) is 2.77. The van der Waals surface area contributed by atoms with Crippen LogP contribution in [-0.2, 0) is 0 Å². The van der Waals surface area contributed by atoms with Crippen molar-refractivity contribution in [3.63, 3.8) is 0 Å². The van der Waals surface area contributed by atoms with Gasteiger partial charge in [-0.15, -0.1) is 0 Å². The highest BCUT2D eigenvalue weighted by atomic mass is 16.5. The van der Waals surface area contributed by atoms with E-state index >= 15 is 0 Å². The first-order valence-corrected chi connectivity index (χ1v) is 5.48. The zero-order valence-electron chi connectivity index (χ0n) is 10.1. The molecule has 3 nitrogen and oxygen atoms in total. The molecule has 3 heteroatoms. The van der Waals surface area contributed by atoms with Crippen molar-refractivity contribution in [1.82, 2.24) is 10.1 Å². The minimum absolute atomic E-state index is 0.355. The second kappa shape index (κ2) is 4.08. The number of pyridine rings is 1. The van der Waals surface area contributed by atoms with Crippen LogP contribution in [0, 0.1) is 13.8 Å². The first-order chi connectivity index (χ1) is 7.59. The molecule has 2 aromatic rings. The van der Waals surface area contributed by atoms with Crippen molar-refractivity contribution in [2.24, 2.45) is 0 Å². The van der Waals surface area contributed by atoms with Crippen LogP contribution >= 0.6 is 0 Å². The fourth-order valence-electron chi connectivity index (χ4n) is 1.75. The summed E-state index contributed by atoms with van der Waals surface area (Å²) in [4.78, 5) is 4.31. The quantitative estimate of drug-likeness (QED) is 0.771. The van der Waals surface area contributed by atoms with E-state index in [0.717, 1.165) is 28.3 Å². The van der Waals surface area contributed by atoms with Crippen molar-refractivity contribution < 1.29 is 4.52 Å². The molecule has 0 aromatic carbocycles. The molecule has 0 aliphatic heterocycles. The highest BCUT2D eigenvalue weighted by Gasteiger charge is 2.17. The van der Waals surface area contributed by atoms with Crippen molar-refractivity contribution in [3.05, 3.63) is 35.5 Å². The van der Waals surface area contributed by atoms with Crippen LogP contribution in [0.15, 0.2) is 22.9 Å². The molecule has 0 radical (unpaired) electrons. The van der Waals surface area contributed by atoms with Crippen LogP contribution in [0.1, 0.15) is 36.9 Å². The third-order valence-corrected chi connectivity index (χ3v) is 2.64. The smallest absolute Gasteiger partial charge is 0.141 e. The lowest BCUT2D eigenvalue weighted by Gasteiger charge is -2.05. The van der Waals surface area contributed by atoms with Crippen molar-refractivity contribution in [1.29, 1.82) is 0 Å². The number of hydrogen-bond acceptors (Lipinski definition) is 3. The van der Waals surface area contributed by atoms with Crippen LogP contribution < -0.4 is 0 Å².